The fraction of sp³-hybridized carbons (Fsp3) is 0.500. The Balaban J connectivity index is 0.00000243. The number of nitrogens with one attached hydrogen (secondary N) is 2. The first-order valence-corrected chi connectivity index (χ1v) is 8.92. The number of hydrogen-bond acceptors (Lipinski definition) is 3. The van der Waals surface area contributed by atoms with Crippen molar-refractivity contribution in [2.24, 2.45) is 10.9 Å². The molecule has 0 saturated heterocycles. The van der Waals surface area contributed by atoms with Gasteiger partial charge in [-0.2, -0.15) is 0 Å². The van der Waals surface area contributed by atoms with Gasteiger partial charge in [-0.15, -0.1) is 24.0 Å². The fourth-order valence-corrected chi connectivity index (χ4v) is 2.93. The second kappa shape index (κ2) is 8.88. The standard InChI is InChI=1S/C20H28N4O.HI/c1-20(2,3)17-12-22-18(25-17)13-24-19(21-4)23-11-15-10-16(15)14-8-6-5-7-9-14;/h5-9,12,15-16H,10-11,13H2,1-4H3,(H2,21,23,24);1H. The molecule has 1 aromatic carbocycles. The second-order valence-electron chi connectivity index (χ2n) is 7.69. The Kier molecular flexibility index (Phi) is 7.08. The molecule has 6 heteroatoms. The lowest BCUT2D eigenvalue weighted by atomic mass is 9.94. The predicted octanol–water partition coefficient (Wildman–Crippen LogP) is 4.06. The molecule has 1 aromatic heterocycles. The van der Waals surface area contributed by atoms with Crippen molar-refractivity contribution in [1.29, 1.82) is 0 Å². The van der Waals surface area contributed by atoms with Crippen LogP contribution < -0.4 is 10.6 Å². The number of nitrogens with zero attached hydrogens (tertiary/aromatic N) is 2. The smallest absolute Gasteiger partial charge is 0.213 e. The zero-order chi connectivity index (χ0) is 17.9. The monoisotopic (exact) mass is 468 g/mol. The number of guanidine groups is 1. The molecule has 2 N–H and O–H groups in total. The molecular weight excluding hydrogens is 439 g/mol. The van der Waals surface area contributed by atoms with Crippen molar-refractivity contribution >= 4 is 29.9 Å². The summed E-state index contributed by atoms with van der Waals surface area (Å²) in [6.45, 7) is 7.80. The number of aliphatic imine (C=N–C) groups is 1. The Hall–Kier alpha value is -1.57. The molecule has 0 bridgehead atoms. The zero-order valence-corrected chi connectivity index (χ0v) is 18.3. The minimum Gasteiger partial charge on any atom is -0.443 e. The highest BCUT2D eigenvalue weighted by molar-refractivity contribution is 14.0. The first-order chi connectivity index (χ1) is 12.0. The van der Waals surface area contributed by atoms with Crippen molar-refractivity contribution in [3.05, 3.63) is 53.7 Å². The number of oxazole rings is 1. The minimum atomic E-state index is -0.0242. The van der Waals surface area contributed by atoms with Gasteiger partial charge in [0.1, 0.15) is 5.76 Å². The summed E-state index contributed by atoms with van der Waals surface area (Å²) in [5, 5.41) is 6.68. The molecule has 3 rings (SSSR count). The molecule has 2 unspecified atom stereocenters. The summed E-state index contributed by atoms with van der Waals surface area (Å²) < 4.78 is 5.80. The van der Waals surface area contributed by atoms with E-state index >= 15 is 0 Å². The highest BCUT2D eigenvalue weighted by Crippen LogP contribution is 2.46. The number of halogens is 1. The first kappa shape index (κ1) is 20.7. The molecule has 0 amide bonds. The summed E-state index contributed by atoms with van der Waals surface area (Å²) in [7, 11) is 1.78. The third kappa shape index (κ3) is 5.46. The normalized spacial score (nSPS) is 19.6. The summed E-state index contributed by atoms with van der Waals surface area (Å²) in [6, 6.07) is 10.7. The van der Waals surface area contributed by atoms with Crippen molar-refractivity contribution in [3.8, 4) is 0 Å². The maximum Gasteiger partial charge on any atom is 0.213 e. The highest BCUT2D eigenvalue weighted by Gasteiger charge is 2.37. The summed E-state index contributed by atoms with van der Waals surface area (Å²) in [5.41, 5.74) is 1.41. The third-order valence-electron chi connectivity index (χ3n) is 4.61. The van der Waals surface area contributed by atoms with Crippen molar-refractivity contribution in [2.75, 3.05) is 13.6 Å². The molecule has 2 atom stereocenters. The zero-order valence-electron chi connectivity index (χ0n) is 16.0. The van der Waals surface area contributed by atoms with Gasteiger partial charge in [-0.25, -0.2) is 4.98 Å². The Morgan fingerprint density at radius 2 is 1.96 bits per heavy atom. The number of aromatic nitrogens is 1. The van der Waals surface area contributed by atoms with Crippen LogP contribution in [0.2, 0.25) is 0 Å². The fourth-order valence-electron chi connectivity index (χ4n) is 2.93. The number of rotatable bonds is 5. The first-order valence-electron chi connectivity index (χ1n) is 8.92. The van der Waals surface area contributed by atoms with E-state index in [0.717, 1.165) is 18.3 Å². The number of hydrogen-bond donors (Lipinski definition) is 2. The van der Waals surface area contributed by atoms with Crippen molar-refractivity contribution < 1.29 is 4.42 Å². The van der Waals surface area contributed by atoms with Crippen molar-refractivity contribution in [2.45, 2.75) is 45.1 Å². The lowest BCUT2D eigenvalue weighted by Gasteiger charge is -2.13. The Bertz CT molecular complexity index is 721. The average molecular weight is 468 g/mol. The van der Waals surface area contributed by atoms with Crippen LogP contribution in [0.1, 0.15) is 50.3 Å². The number of benzene rings is 1. The molecule has 1 saturated carbocycles. The van der Waals surface area contributed by atoms with Gasteiger partial charge < -0.3 is 15.1 Å². The minimum absolute atomic E-state index is 0. The van der Waals surface area contributed by atoms with Gasteiger partial charge in [0.15, 0.2) is 5.96 Å². The Labute approximate surface area is 173 Å². The second-order valence-corrected chi connectivity index (χ2v) is 7.69. The summed E-state index contributed by atoms with van der Waals surface area (Å²) in [4.78, 5) is 8.62. The van der Waals surface area contributed by atoms with Crippen LogP contribution in [-0.4, -0.2) is 24.5 Å². The maximum absolute atomic E-state index is 5.80. The molecule has 142 valence electrons. The van der Waals surface area contributed by atoms with E-state index in [9.17, 15) is 0 Å². The molecule has 1 fully saturated rings. The van der Waals surface area contributed by atoms with Gasteiger partial charge in [0.2, 0.25) is 5.89 Å². The maximum atomic E-state index is 5.80. The van der Waals surface area contributed by atoms with Crippen molar-refractivity contribution in [1.82, 2.24) is 15.6 Å². The van der Waals surface area contributed by atoms with Gasteiger partial charge in [0.05, 0.1) is 12.7 Å². The van der Waals surface area contributed by atoms with Crippen LogP contribution in [0.25, 0.3) is 0 Å². The predicted molar refractivity (Wildman–Crippen MR) is 116 cm³/mol. The molecular formula is C20H29IN4O. The van der Waals surface area contributed by atoms with Crippen LogP contribution in [0.4, 0.5) is 0 Å². The van der Waals surface area contributed by atoms with E-state index in [0.29, 0.717) is 24.3 Å². The van der Waals surface area contributed by atoms with Gasteiger partial charge >= 0.3 is 0 Å². The topological polar surface area (TPSA) is 62.5 Å². The van der Waals surface area contributed by atoms with Gasteiger partial charge in [0.25, 0.3) is 0 Å². The SMILES string of the molecule is CN=C(NCc1ncc(C(C)(C)C)o1)NCC1CC1c1ccccc1.I. The largest absolute Gasteiger partial charge is 0.443 e. The van der Waals surface area contributed by atoms with Gasteiger partial charge in [-0.3, -0.25) is 4.99 Å². The molecule has 1 heterocycles. The lowest BCUT2D eigenvalue weighted by molar-refractivity contribution is 0.379. The van der Waals surface area contributed by atoms with E-state index in [-0.39, 0.29) is 29.4 Å². The summed E-state index contributed by atoms with van der Waals surface area (Å²) in [5.74, 6) is 3.72. The van der Waals surface area contributed by atoms with E-state index in [4.69, 9.17) is 4.42 Å². The molecule has 0 spiro atoms. The Morgan fingerprint density at radius 1 is 1.23 bits per heavy atom. The molecule has 0 radical (unpaired) electrons. The van der Waals surface area contributed by atoms with Crippen LogP contribution in [0.3, 0.4) is 0 Å². The van der Waals surface area contributed by atoms with Crippen LogP contribution in [-0.2, 0) is 12.0 Å². The van der Waals surface area contributed by atoms with Crippen LogP contribution >= 0.6 is 24.0 Å². The van der Waals surface area contributed by atoms with E-state index in [1.807, 2.05) is 6.20 Å². The van der Waals surface area contributed by atoms with Gasteiger partial charge in [-0.05, 0) is 23.8 Å². The Morgan fingerprint density at radius 3 is 2.58 bits per heavy atom. The molecule has 1 aliphatic carbocycles. The summed E-state index contributed by atoms with van der Waals surface area (Å²) in [6.07, 6.45) is 3.05. The van der Waals surface area contributed by atoms with Gasteiger partial charge in [0, 0.05) is 19.0 Å². The molecule has 2 aromatic rings. The molecule has 26 heavy (non-hydrogen) atoms. The van der Waals surface area contributed by atoms with E-state index < -0.39 is 0 Å². The highest BCUT2D eigenvalue weighted by atomic mass is 127. The van der Waals surface area contributed by atoms with Crippen molar-refractivity contribution in [3.63, 3.8) is 0 Å². The van der Waals surface area contributed by atoms with Crippen LogP contribution in [0, 0.1) is 5.92 Å². The van der Waals surface area contributed by atoms with E-state index in [2.05, 4.69) is 71.7 Å². The van der Waals surface area contributed by atoms with Gasteiger partial charge in [-0.1, -0.05) is 51.1 Å². The molecule has 5 nitrogen and oxygen atoms in total. The van der Waals surface area contributed by atoms with E-state index in [1.165, 1.54) is 12.0 Å². The summed E-state index contributed by atoms with van der Waals surface area (Å²) >= 11 is 0. The third-order valence-corrected chi connectivity index (χ3v) is 4.61. The average Bonchev–Trinajstić information content (AvgIpc) is 3.20. The van der Waals surface area contributed by atoms with E-state index in [1.54, 1.807) is 7.05 Å². The quantitative estimate of drug-likeness (QED) is 0.395. The molecule has 1 aliphatic rings. The van der Waals surface area contributed by atoms with Crippen LogP contribution in [0.5, 0.6) is 0 Å². The lowest BCUT2D eigenvalue weighted by Crippen LogP contribution is -2.38. The molecule has 0 aliphatic heterocycles. The van der Waals surface area contributed by atoms with Crippen LogP contribution in [0.15, 0.2) is 45.9 Å².